The van der Waals surface area contributed by atoms with Gasteiger partial charge in [-0.3, -0.25) is 4.79 Å². The highest BCUT2D eigenvalue weighted by atomic mass is 16.5. The molecule has 0 N–H and O–H groups in total. The molecule has 1 aliphatic rings. The molecule has 0 aliphatic carbocycles. The minimum absolute atomic E-state index is 0.308. The third-order valence-corrected chi connectivity index (χ3v) is 4.24. The SMILES string of the molecule is CC(=O)OC1=C(c2ccccc2)Cc2ccccc2-n2cccc21. The van der Waals surface area contributed by atoms with Crippen molar-refractivity contribution >= 4 is 17.3 Å². The monoisotopic (exact) mass is 315 g/mol. The van der Waals surface area contributed by atoms with E-state index in [1.54, 1.807) is 0 Å². The van der Waals surface area contributed by atoms with E-state index in [-0.39, 0.29) is 5.97 Å². The zero-order valence-electron chi connectivity index (χ0n) is 13.4. The maximum atomic E-state index is 11.7. The number of fused-ring (bicyclic) bond motifs is 3. The topological polar surface area (TPSA) is 31.2 Å². The van der Waals surface area contributed by atoms with Crippen LogP contribution in [0.1, 0.15) is 23.7 Å². The lowest BCUT2D eigenvalue weighted by Crippen LogP contribution is -2.04. The maximum Gasteiger partial charge on any atom is 0.308 e. The third-order valence-electron chi connectivity index (χ3n) is 4.24. The van der Waals surface area contributed by atoms with Crippen molar-refractivity contribution in [1.29, 1.82) is 0 Å². The standard InChI is InChI=1S/C21H17NO2/c1-15(23)24-21-18(16-8-3-2-4-9-16)14-17-10-5-6-11-19(17)22-13-7-12-20(21)22/h2-13H,14H2,1H3. The Hall–Kier alpha value is -3.07. The molecule has 0 radical (unpaired) electrons. The molecule has 2 heterocycles. The summed E-state index contributed by atoms with van der Waals surface area (Å²) in [6, 6.07) is 22.4. The molecule has 3 nitrogen and oxygen atoms in total. The van der Waals surface area contributed by atoms with Gasteiger partial charge in [-0.05, 0) is 29.3 Å². The Labute approximate surface area is 140 Å². The van der Waals surface area contributed by atoms with Crippen molar-refractivity contribution < 1.29 is 9.53 Å². The third kappa shape index (κ3) is 2.44. The molecule has 1 aliphatic heterocycles. The summed E-state index contributed by atoms with van der Waals surface area (Å²) < 4.78 is 7.76. The fourth-order valence-electron chi connectivity index (χ4n) is 3.23. The zero-order chi connectivity index (χ0) is 16.5. The second-order valence-electron chi connectivity index (χ2n) is 5.84. The van der Waals surface area contributed by atoms with E-state index in [9.17, 15) is 4.79 Å². The number of nitrogens with zero attached hydrogens (tertiary/aromatic N) is 1. The number of carbonyl (C=O) groups is 1. The van der Waals surface area contributed by atoms with E-state index in [0.717, 1.165) is 22.5 Å². The molecule has 0 amide bonds. The number of allylic oxidation sites excluding steroid dienone is 1. The fourth-order valence-corrected chi connectivity index (χ4v) is 3.23. The first-order chi connectivity index (χ1) is 11.7. The maximum absolute atomic E-state index is 11.7. The summed E-state index contributed by atoms with van der Waals surface area (Å²) in [6.07, 6.45) is 2.72. The van der Waals surface area contributed by atoms with Crippen molar-refractivity contribution in [2.24, 2.45) is 0 Å². The van der Waals surface area contributed by atoms with Gasteiger partial charge in [-0.25, -0.2) is 0 Å². The molecule has 3 heteroatoms. The summed E-state index contributed by atoms with van der Waals surface area (Å²) in [5.41, 5.74) is 5.31. The molecule has 0 spiro atoms. The second kappa shape index (κ2) is 5.85. The second-order valence-corrected chi connectivity index (χ2v) is 5.84. The van der Waals surface area contributed by atoms with E-state index >= 15 is 0 Å². The van der Waals surface area contributed by atoms with Crippen molar-refractivity contribution in [2.75, 3.05) is 0 Å². The van der Waals surface area contributed by atoms with Crippen molar-refractivity contribution in [3.8, 4) is 5.69 Å². The Morgan fingerprint density at radius 1 is 0.958 bits per heavy atom. The van der Waals surface area contributed by atoms with Gasteiger partial charge in [-0.2, -0.15) is 0 Å². The van der Waals surface area contributed by atoms with Gasteiger partial charge in [0.15, 0.2) is 5.76 Å². The van der Waals surface area contributed by atoms with E-state index in [0.29, 0.717) is 12.2 Å². The Morgan fingerprint density at radius 3 is 2.50 bits per heavy atom. The van der Waals surface area contributed by atoms with E-state index in [1.807, 2.05) is 48.7 Å². The number of benzene rings is 2. The number of hydrogen-bond donors (Lipinski definition) is 0. The van der Waals surface area contributed by atoms with Gasteiger partial charge in [0.2, 0.25) is 0 Å². The number of aromatic nitrogens is 1. The molecule has 1 aromatic heterocycles. The summed E-state index contributed by atoms with van der Waals surface area (Å²) >= 11 is 0. The fraction of sp³-hybridized carbons (Fsp3) is 0.0952. The molecular formula is C21H17NO2. The number of hydrogen-bond acceptors (Lipinski definition) is 2. The Bertz CT molecular complexity index is 935. The summed E-state index contributed by atoms with van der Waals surface area (Å²) in [7, 11) is 0. The van der Waals surface area contributed by atoms with Gasteiger partial charge in [0.05, 0.1) is 5.69 Å². The highest BCUT2D eigenvalue weighted by molar-refractivity contribution is 5.93. The number of esters is 1. The normalized spacial score (nSPS) is 13.0. The average molecular weight is 315 g/mol. The molecule has 3 aromatic rings. The lowest BCUT2D eigenvalue weighted by atomic mass is 9.96. The van der Waals surface area contributed by atoms with Crippen LogP contribution in [-0.2, 0) is 16.0 Å². The lowest BCUT2D eigenvalue weighted by molar-refractivity contribution is -0.134. The van der Waals surface area contributed by atoms with Gasteiger partial charge in [0.25, 0.3) is 0 Å². The largest absolute Gasteiger partial charge is 0.424 e. The van der Waals surface area contributed by atoms with Crippen LogP contribution in [0.4, 0.5) is 0 Å². The van der Waals surface area contributed by atoms with Crippen LogP contribution in [0.5, 0.6) is 0 Å². The van der Waals surface area contributed by atoms with Crippen molar-refractivity contribution in [3.05, 3.63) is 89.7 Å². The quantitative estimate of drug-likeness (QED) is 0.654. The molecule has 0 saturated carbocycles. The molecule has 0 unspecified atom stereocenters. The molecule has 0 bridgehead atoms. The van der Waals surface area contributed by atoms with E-state index in [4.69, 9.17) is 4.74 Å². The number of para-hydroxylation sites is 1. The molecule has 0 atom stereocenters. The van der Waals surface area contributed by atoms with Crippen LogP contribution in [-0.4, -0.2) is 10.5 Å². The zero-order valence-corrected chi connectivity index (χ0v) is 13.4. The summed E-state index contributed by atoms with van der Waals surface area (Å²) in [5.74, 6) is 0.326. The Morgan fingerprint density at radius 2 is 1.71 bits per heavy atom. The van der Waals surface area contributed by atoms with Crippen LogP contribution < -0.4 is 0 Å². The molecular weight excluding hydrogens is 298 g/mol. The van der Waals surface area contributed by atoms with Crippen LogP contribution in [0.25, 0.3) is 17.0 Å². The van der Waals surface area contributed by atoms with Crippen LogP contribution >= 0.6 is 0 Å². The summed E-state index contributed by atoms with van der Waals surface area (Å²) in [4.78, 5) is 11.7. The molecule has 24 heavy (non-hydrogen) atoms. The van der Waals surface area contributed by atoms with Crippen molar-refractivity contribution in [3.63, 3.8) is 0 Å². The van der Waals surface area contributed by atoms with Crippen LogP contribution in [0.3, 0.4) is 0 Å². The predicted octanol–water partition coefficient (Wildman–Crippen LogP) is 4.46. The minimum atomic E-state index is -0.308. The number of ether oxygens (including phenoxy) is 1. The van der Waals surface area contributed by atoms with Crippen molar-refractivity contribution in [1.82, 2.24) is 4.57 Å². The van der Waals surface area contributed by atoms with E-state index in [1.165, 1.54) is 12.5 Å². The van der Waals surface area contributed by atoms with Gasteiger partial charge in [0.1, 0.15) is 0 Å². The van der Waals surface area contributed by atoms with Gasteiger partial charge in [-0.15, -0.1) is 0 Å². The van der Waals surface area contributed by atoms with Gasteiger partial charge in [-0.1, -0.05) is 48.5 Å². The Kier molecular flexibility index (Phi) is 3.54. The number of carbonyl (C=O) groups excluding carboxylic acids is 1. The lowest BCUT2D eigenvalue weighted by Gasteiger charge is -2.13. The first kappa shape index (κ1) is 14.5. The molecule has 0 fully saturated rings. The first-order valence-corrected chi connectivity index (χ1v) is 7.97. The highest BCUT2D eigenvalue weighted by Crippen LogP contribution is 2.36. The van der Waals surface area contributed by atoms with E-state index in [2.05, 4.69) is 28.8 Å². The smallest absolute Gasteiger partial charge is 0.308 e. The molecule has 4 rings (SSSR count). The van der Waals surface area contributed by atoms with Crippen LogP contribution in [0, 0.1) is 0 Å². The first-order valence-electron chi connectivity index (χ1n) is 7.97. The molecule has 118 valence electrons. The summed E-state index contributed by atoms with van der Waals surface area (Å²) in [5, 5.41) is 0. The van der Waals surface area contributed by atoms with Gasteiger partial charge in [0, 0.05) is 30.8 Å². The molecule has 2 aromatic carbocycles. The van der Waals surface area contributed by atoms with Crippen LogP contribution in [0.2, 0.25) is 0 Å². The minimum Gasteiger partial charge on any atom is -0.424 e. The average Bonchev–Trinajstić information content (AvgIpc) is 3.04. The van der Waals surface area contributed by atoms with Crippen LogP contribution in [0.15, 0.2) is 72.9 Å². The Balaban J connectivity index is 2.02. The van der Waals surface area contributed by atoms with Gasteiger partial charge >= 0.3 is 5.97 Å². The van der Waals surface area contributed by atoms with Crippen molar-refractivity contribution in [2.45, 2.75) is 13.3 Å². The summed E-state index contributed by atoms with van der Waals surface area (Å²) in [6.45, 7) is 1.45. The number of rotatable bonds is 2. The van der Waals surface area contributed by atoms with E-state index < -0.39 is 0 Å². The molecule has 0 saturated heterocycles. The van der Waals surface area contributed by atoms with Gasteiger partial charge < -0.3 is 9.30 Å². The predicted molar refractivity (Wildman–Crippen MR) is 94.5 cm³/mol. The highest BCUT2D eigenvalue weighted by Gasteiger charge is 2.24.